The summed E-state index contributed by atoms with van der Waals surface area (Å²) in [6, 6.07) is 7.74. The van der Waals surface area contributed by atoms with Crippen LogP contribution in [0, 0.1) is 29.9 Å². The molecule has 174 valence electrons. The van der Waals surface area contributed by atoms with Crippen LogP contribution in [0.2, 0.25) is 10.3 Å². The number of pyridine rings is 2. The maximum absolute atomic E-state index is 9.48. The fourth-order valence-electron chi connectivity index (χ4n) is 3.86. The van der Waals surface area contributed by atoms with Gasteiger partial charge in [-0.1, -0.05) is 38.8 Å². The van der Waals surface area contributed by atoms with E-state index in [-0.39, 0.29) is 0 Å². The fourth-order valence-corrected chi connectivity index (χ4v) is 4.34. The van der Waals surface area contributed by atoms with Crippen molar-refractivity contribution in [2.45, 2.75) is 53.0 Å². The molecule has 3 aromatic heterocycles. The van der Waals surface area contributed by atoms with Gasteiger partial charge in [-0.05, 0) is 37.0 Å². The van der Waals surface area contributed by atoms with E-state index in [1.165, 1.54) is 11.6 Å². The molecule has 3 rings (SSSR count). The predicted octanol–water partition coefficient (Wildman–Crippen LogP) is 5.22. The van der Waals surface area contributed by atoms with E-state index in [0.29, 0.717) is 34.3 Å². The fraction of sp³-hybridized carbons (Fsp3) is 0.417. The molecule has 0 saturated heterocycles. The van der Waals surface area contributed by atoms with Gasteiger partial charge in [-0.3, -0.25) is 4.68 Å². The second kappa shape index (κ2) is 10.9. The van der Waals surface area contributed by atoms with Crippen molar-refractivity contribution in [2.75, 3.05) is 11.9 Å². The van der Waals surface area contributed by atoms with Gasteiger partial charge < -0.3 is 10.2 Å². The minimum Gasteiger partial charge on any atom is -0.352 e. The molecular formula is C24H30Cl2N7+. The van der Waals surface area contributed by atoms with Crippen molar-refractivity contribution in [1.82, 2.24) is 24.6 Å². The number of unbranched alkanes of at least 4 members (excludes halogenated alkanes) is 1. The molecule has 3 aromatic rings. The summed E-state index contributed by atoms with van der Waals surface area (Å²) in [6.07, 6.45) is 3.50. The Balaban J connectivity index is 2.01. The Morgan fingerprint density at radius 2 is 2.09 bits per heavy atom. The standard InChI is InChI=1S/C24H30Cl2N7/c1-6-7-10-33(22(8-9-27)28-17-12-20(25)30-21(26)13-17)14-18-11-19(15(2)3)23-16(4)31-32(5)24(23)29-18/h8,11-13,15,25H,6-7,10,14H2,1-5H3,(H,28,30)/q+1/b22-8+. The van der Waals surface area contributed by atoms with Crippen molar-refractivity contribution in [3.63, 3.8) is 0 Å². The van der Waals surface area contributed by atoms with E-state index in [1.54, 1.807) is 12.1 Å². The lowest BCUT2D eigenvalue weighted by molar-refractivity contribution is -0.296. The average Bonchev–Trinajstić information content (AvgIpc) is 3.03. The van der Waals surface area contributed by atoms with Gasteiger partial charge in [-0.2, -0.15) is 15.3 Å². The normalized spacial score (nSPS) is 11.8. The second-order valence-electron chi connectivity index (χ2n) is 8.34. The molecule has 0 unspecified atom stereocenters. The van der Waals surface area contributed by atoms with Crippen LogP contribution < -0.4 is 5.32 Å². The molecule has 0 aromatic carbocycles. The highest BCUT2D eigenvalue weighted by Gasteiger charge is 2.19. The van der Waals surface area contributed by atoms with Gasteiger partial charge in [0.15, 0.2) is 17.2 Å². The van der Waals surface area contributed by atoms with E-state index in [2.05, 4.69) is 53.2 Å². The van der Waals surface area contributed by atoms with E-state index in [4.69, 9.17) is 28.2 Å². The number of hydrogen-bond donors (Lipinski definition) is 1. The number of aromatic nitrogens is 4. The van der Waals surface area contributed by atoms with Gasteiger partial charge >= 0.3 is 5.15 Å². The number of hydrogen-bond acceptors (Lipinski definition) is 6. The number of rotatable bonds is 9. The van der Waals surface area contributed by atoms with Crippen molar-refractivity contribution in [3.8, 4) is 6.07 Å². The first-order valence-corrected chi connectivity index (χ1v) is 11.8. The lowest BCUT2D eigenvalue weighted by atomic mass is 9.98. The van der Waals surface area contributed by atoms with Crippen LogP contribution in [0.15, 0.2) is 30.1 Å². The van der Waals surface area contributed by atoms with Crippen molar-refractivity contribution < 1.29 is 11.6 Å². The topological polar surface area (TPSA) is 82.7 Å². The second-order valence-corrected chi connectivity index (χ2v) is 9.15. The van der Waals surface area contributed by atoms with Crippen molar-refractivity contribution in [1.29, 1.82) is 5.26 Å². The Morgan fingerprint density at radius 3 is 2.73 bits per heavy atom. The Bertz CT molecular complexity index is 1190. The summed E-state index contributed by atoms with van der Waals surface area (Å²) >= 11 is 11.3. The minimum absolute atomic E-state index is 0.307. The summed E-state index contributed by atoms with van der Waals surface area (Å²) in [5.74, 6) is 0.995. The molecule has 3 heterocycles. The predicted molar refractivity (Wildman–Crippen MR) is 130 cm³/mol. The maximum atomic E-state index is 9.48. The van der Waals surface area contributed by atoms with Gasteiger partial charge in [0, 0.05) is 25.0 Å². The molecule has 0 amide bonds. The molecule has 7 nitrogen and oxygen atoms in total. The largest absolute Gasteiger partial charge is 0.352 e. The monoisotopic (exact) mass is 486 g/mol. The molecule has 0 aliphatic heterocycles. The number of fused-ring (bicyclic) bond motifs is 1. The van der Waals surface area contributed by atoms with Crippen LogP contribution in [0.4, 0.5) is 5.69 Å². The number of allylic oxidation sites excluding steroid dienone is 1. The van der Waals surface area contributed by atoms with Crippen molar-refractivity contribution in [2.24, 2.45) is 7.05 Å². The van der Waals surface area contributed by atoms with E-state index in [9.17, 15) is 5.26 Å². The summed E-state index contributed by atoms with van der Waals surface area (Å²) in [5, 5.41) is 19.2. The first kappa shape index (κ1) is 24.8. The summed E-state index contributed by atoms with van der Waals surface area (Å²) in [5.41, 5.74) is 4.70. The Hall–Kier alpha value is -2.82. The SMILES string of the molecule is CCCCN(Cc1cc(C(C)C)c2c(C)nn(C)c2n1)/C(=C/C#N)Nc1cc(Cl)nc([ClH+])c1. The first-order chi connectivity index (χ1) is 15.7. The number of halogens is 2. The molecule has 0 saturated carbocycles. The number of nitrogens with one attached hydrogen (secondary N) is 1. The van der Waals surface area contributed by atoms with E-state index in [0.717, 1.165) is 41.8 Å². The molecule has 0 aliphatic carbocycles. The smallest absolute Gasteiger partial charge is 0.321 e. The van der Waals surface area contributed by atoms with Crippen LogP contribution in [0.1, 0.15) is 56.5 Å². The zero-order chi connectivity index (χ0) is 24.1. The highest BCUT2D eigenvalue weighted by Crippen LogP contribution is 2.29. The third kappa shape index (κ3) is 5.95. The zero-order valence-corrected chi connectivity index (χ0v) is 21.3. The maximum Gasteiger partial charge on any atom is 0.321 e. The highest BCUT2D eigenvalue weighted by atomic mass is 35.5. The molecule has 0 spiro atoms. The number of anilines is 1. The van der Waals surface area contributed by atoms with E-state index in [1.807, 2.05) is 18.7 Å². The van der Waals surface area contributed by atoms with Crippen molar-refractivity contribution >= 4 is 28.3 Å². The lowest BCUT2D eigenvalue weighted by Crippen LogP contribution is -2.28. The molecule has 0 radical (unpaired) electrons. The molecule has 0 fully saturated rings. The van der Waals surface area contributed by atoms with Crippen LogP contribution in [0.5, 0.6) is 0 Å². The first-order valence-electron chi connectivity index (χ1n) is 11.0. The summed E-state index contributed by atoms with van der Waals surface area (Å²) in [4.78, 5) is 11.1. The van der Waals surface area contributed by atoms with Gasteiger partial charge in [0.1, 0.15) is 11.0 Å². The summed E-state index contributed by atoms with van der Waals surface area (Å²) < 4.78 is 1.84. The van der Waals surface area contributed by atoms with Gasteiger partial charge in [-0.15, -0.1) is 0 Å². The van der Waals surface area contributed by atoms with Crippen LogP contribution >= 0.6 is 11.6 Å². The van der Waals surface area contributed by atoms with Crippen molar-refractivity contribution in [3.05, 3.63) is 57.4 Å². The van der Waals surface area contributed by atoms with E-state index < -0.39 is 0 Å². The molecular weight excluding hydrogens is 457 g/mol. The van der Waals surface area contributed by atoms with Crippen LogP contribution in [-0.4, -0.2) is 31.2 Å². The molecule has 0 atom stereocenters. The third-order valence-electron chi connectivity index (χ3n) is 5.39. The number of aryl methyl sites for hydroxylation is 2. The molecule has 0 aliphatic rings. The van der Waals surface area contributed by atoms with Gasteiger partial charge in [-0.25, -0.2) is 4.98 Å². The minimum atomic E-state index is 0.307. The highest BCUT2D eigenvalue weighted by molar-refractivity contribution is 6.29. The van der Waals surface area contributed by atoms with Crippen LogP contribution in [-0.2, 0) is 13.6 Å². The molecule has 1 N–H and O–H groups in total. The summed E-state index contributed by atoms with van der Waals surface area (Å²) in [6.45, 7) is 9.83. The zero-order valence-electron chi connectivity index (χ0n) is 19.7. The van der Waals surface area contributed by atoms with Gasteiger partial charge in [0.2, 0.25) is 0 Å². The van der Waals surface area contributed by atoms with E-state index >= 15 is 0 Å². The average molecular weight is 487 g/mol. The Labute approximate surface area is 205 Å². The number of nitrogens with zero attached hydrogens (tertiary/aromatic N) is 6. The Morgan fingerprint density at radius 1 is 1.33 bits per heavy atom. The lowest BCUT2D eigenvalue weighted by Gasteiger charge is -2.28. The Kier molecular flexibility index (Phi) is 8.17. The van der Waals surface area contributed by atoms with Crippen LogP contribution in [0.25, 0.3) is 11.0 Å². The van der Waals surface area contributed by atoms with Gasteiger partial charge in [0.05, 0.1) is 35.8 Å². The molecule has 0 bridgehead atoms. The number of nitriles is 1. The quantitative estimate of drug-likeness (QED) is 0.329. The molecule has 9 heteroatoms. The van der Waals surface area contributed by atoms with Crippen LogP contribution in [0.3, 0.4) is 0 Å². The molecule has 33 heavy (non-hydrogen) atoms. The van der Waals surface area contributed by atoms with Gasteiger partial charge in [0.25, 0.3) is 0 Å². The summed E-state index contributed by atoms with van der Waals surface area (Å²) in [7, 11) is 1.92. The third-order valence-corrected chi connectivity index (χ3v) is 5.80.